The molecule has 2 atom stereocenters. The Morgan fingerprint density at radius 3 is 2.35 bits per heavy atom. The van der Waals surface area contributed by atoms with Gasteiger partial charge in [-0.05, 0) is 38.8 Å². The van der Waals surface area contributed by atoms with Crippen molar-refractivity contribution in [1.29, 1.82) is 0 Å². The summed E-state index contributed by atoms with van der Waals surface area (Å²) in [5.74, 6) is -2.86. The minimum Gasteiger partial charge on any atom is -0.390 e. The second kappa shape index (κ2) is 12.8. The van der Waals surface area contributed by atoms with E-state index in [0.29, 0.717) is 6.04 Å². The number of benzene rings is 1. The number of hydrogen-bond acceptors (Lipinski definition) is 5. The van der Waals surface area contributed by atoms with Crippen molar-refractivity contribution < 1.29 is 36.6 Å². The van der Waals surface area contributed by atoms with Gasteiger partial charge in [0.15, 0.2) is 0 Å². The largest absolute Gasteiger partial charge is 0.396 e. The monoisotopic (exact) mass is 532 g/mol. The molecule has 0 bridgehead atoms. The molecule has 13 heteroatoms. The first-order valence-corrected chi connectivity index (χ1v) is 11.5. The van der Waals surface area contributed by atoms with E-state index in [1.165, 1.54) is 0 Å². The van der Waals surface area contributed by atoms with E-state index in [-0.39, 0.29) is 36.3 Å². The maximum atomic E-state index is 14.6. The normalized spacial score (nSPS) is 15.6. The van der Waals surface area contributed by atoms with Gasteiger partial charge in [-0.1, -0.05) is 0 Å². The van der Waals surface area contributed by atoms with Gasteiger partial charge in [0.2, 0.25) is 12.3 Å². The molecule has 5 N–H and O–H groups in total. The Balaban J connectivity index is 1.91. The van der Waals surface area contributed by atoms with Gasteiger partial charge >= 0.3 is 11.9 Å². The molecule has 204 valence electrons. The second-order valence-electron chi connectivity index (χ2n) is 9.20. The Hall–Kier alpha value is -3.28. The van der Waals surface area contributed by atoms with Crippen LogP contribution in [0.2, 0.25) is 0 Å². The second-order valence-corrected chi connectivity index (χ2v) is 9.20. The van der Waals surface area contributed by atoms with Gasteiger partial charge < -0.3 is 26.4 Å². The Kier molecular flexibility index (Phi) is 10.4. The van der Waals surface area contributed by atoms with Crippen molar-refractivity contribution >= 4 is 24.7 Å². The van der Waals surface area contributed by atoms with Crippen molar-refractivity contribution in [1.82, 2.24) is 25.9 Å². The third-order valence-corrected chi connectivity index (χ3v) is 5.90. The highest BCUT2D eigenvalue weighted by molar-refractivity contribution is 6.08. The standard InChI is InChI=1S/C24H30F5N5O3/c1-23(2,24(27,28)29)21(34-13-35)22(37)33-11-16(36)10-31-12-17-18(25)8-14(9-19(17)26)20(30-3)6-7-32-15-4-5-15/h6-9,13,15-16,21,31,36H,3-5,10-12H2,1-2H3,(H2,33,34,35,37)/p+1/t16-,21+/m0/s1. The first-order chi connectivity index (χ1) is 17.3. The van der Waals surface area contributed by atoms with Crippen LogP contribution in [0.1, 0.15) is 37.8 Å². The van der Waals surface area contributed by atoms with Gasteiger partial charge in [-0.25, -0.2) is 8.78 Å². The van der Waals surface area contributed by atoms with Crippen LogP contribution < -0.4 is 25.9 Å². The summed E-state index contributed by atoms with van der Waals surface area (Å²) in [6.45, 7) is 3.92. The highest BCUT2D eigenvalue weighted by atomic mass is 19.4. The van der Waals surface area contributed by atoms with Crippen molar-refractivity contribution in [3.05, 3.63) is 47.2 Å². The van der Waals surface area contributed by atoms with Crippen molar-refractivity contribution in [3.8, 4) is 0 Å². The van der Waals surface area contributed by atoms with Crippen LogP contribution in [0.3, 0.4) is 0 Å². The number of allylic oxidation sites excluding steroid dienone is 1. The topological polar surface area (TPSA) is 117 Å². The number of carbonyl (C=O) groups is 2. The average molecular weight is 533 g/mol. The number of alkyl halides is 3. The van der Waals surface area contributed by atoms with Gasteiger partial charge in [0, 0.05) is 43.5 Å². The molecule has 8 nitrogen and oxygen atoms in total. The van der Waals surface area contributed by atoms with Gasteiger partial charge in [-0.3, -0.25) is 9.59 Å². The van der Waals surface area contributed by atoms with E-state index >= 15 is 0 Å². The smallest absolute Gasteiger partial charge is 0.390 e. The Morgan fingerprint density at radius 2 is 1.84 bits per heavy atom. The van der Waals surface area contributed by atoms with Gasteiger partial charge in [0.25, 0.3) is 6.72 Å². The predicted molar refractivity (Wildman–Crippen MR) is 129 cm³/mol. The maximum Gasteiger partial charge on any atom is 0.396 e. The van der Waals surface area contributed by atoms with Crippen LogP contribution in [0, 0.1) is 17.0 Å². The number of nitrogens with one attached hydrogen (secondary N) is 4. The zero-order valence-corrected chi connectivity index (χ0v) is 20.5. The van der Waals surface area contributed by atoms with Gasteiger partial charge in [0.05, 0.1) is 17.1 Å². The molecule has 1 aliphatic carbocycles. The quantitative estimate of drug-likeness (QED) is 0.106. The summed E-state index contributed by atoms with van der Waals surface area (Å²) in [4.78, 5) is 23.0. The SMILES string of the molecule is C=[N+]=C(/C=C\NC1CC1)c1cc(F)c(CNC[C@H](O)CNC(=O)[C@@H](NC=O)C(C)(C)C(F)(F)F)c(F)c1. The van der Waals surface area contributed by atoms with E-state index in [4.69, 9.17) is 0 Å². The van der Waals surface area contributed by atoms with Crippen LogP contribution >= 0.6 is 0 Å². The summed E-state index contributed by atoms with van der Waals surface area (Å²) in [5, 5.41) is 19.8. The summed E-state index contributed by atoms with van der Waals surface area (Å²) in [6.07, 6.45) is -0.783. The lowest BCUT2D eigenvalue weighted by atomic mass is 9.83. The molecule has 0 radical (unpaired) electrons. The molecule has 0 unspecified atom stereocenters. The van der Waals surface area contributed by atoms with Crippen molar-refractivity contribution in [2.75, 3.05) is 13.1 Å². The number of aliphatic hydroxyl groups is 1. The molecular weight excluding hydrogens is 501 g/mol. The fraction of sp³-hybridized carbons (Fsp3) is 0.500. The Labute approximate surface area is 211 Å². The Bertz CT molecular complexity index is 1030. The molecule has 1 aromatic rings. The highest BCUT2D eigenvalue weighted by Crippen LogP contribution is 2.40. The first-order valence-electron chi connectivity index (χ1n) is 11.5. The fourth-order valence-electron chi connectivity index (χ4n) is 3.27. The molecule has 2 amide bonds. The number of amides is 2. The molecule has 1 saturated carbocycles. The molecule has 0 aliphatic heterocycles. The van der Waals surface area contributed by atoms with Crippen LogP contribution in [-0.2, 0) is 16.1 Å². The van der Waals surface area contributed by atoms with Gasteiger partial charge in [-0.15, -0.1) is 4.67 Å². The van der Waals surface area contributed by atoms with Crippen LogP contribution in [0.15, 0.2) is 24.4 Å². The van der Waals surface area contributed by atoms with Gasteiger partial charge in [-0.2, -0.15) is 13.2 Å². The van der Waals surface area contributed by atoms with Crippen molar-refractivity contribution in [3.63, 3.8) is 0 Å². The molecule has 37 heavy (non-hydrogen) atoms. The third kappa shape index (κ3) is 8.38. The fourth-order valence-corrected chi connectivity index (χ4v) is 3.27. The number of hydrogen-bond donors (Lipinski definition) is 5. The molecule has 2 rings (SSSR count). The van der Waals surface area contributed by atoms with E-state index in [9.17, 15) is 36.6 Å². The summed E-state index contributed by atoms with van der Waals surface area (Å²) < 4.78 is 72.7. The van der Waals surface area contributed by atoms with E-state index in [1.54, 1.807) is 12.3 Å². The minimum absolute atomic E-state index is 0.0166. The van der Waals surface area contributed by atoms with Crippen LogP contribution in [0.5, 0.6) is 0 Å². The first kappa shape index (κ1) is 29.9. The highest BCUT2D eigenvalue weighted by Gasteiger charge is 2.55. The predicted octanol–water partition coefficient (Wildman–Crippen LogP) is 1.06. The number of nitrogens with zero attached hydrogens (tertiary/aromatic N) is 1. The van der Waals surface area contributed by atoms with E-state index < -0.39 is 47.8 Å². The van der Waals surface area contributed by atoms with Gasteiger partial charge in [0.1, 0.15) is 17.7 Å². The van der Waals surface area contributed by atoms with Crippen molar-refractivity contribution in [2.45, 2.75) is 57.6 Å². The number of aliphatic hydroxyl groups excluding tert-OH is 1. The molecule has 1 fully saturated rings. The minimum atomic E-state index is -4.79. The van der Waals surface area contributed by atoms with E-state index in [0.717, 1.165) is 38.8 Å². The zero-order valence-electron chi connectivity index (χ0n) is 20.5. The number of halogens is 5. The van der Waals surface area contributed by atoms with E-state index in [1.807, 2.05) is 5.32 Å². The molecule has 1 aromatic carbocycles. The summed E-state index contributed by atoms with van der Waals surface area (Å²) in [6, 6.07) is 0.669. The molecular formula is C24H31F5N5O3+. The molecule has 0 spiro atoms. The summed E-state index contributed by atoms with van der Waals surface area (Å²) >= 11 is 0. The maximum absolute atomic E-state index is 14.6. The van der Waals surface area contributed by atoms with Crippen LogP contribution in [-0.4, -0.2) is 67.3 Å². The average Bonchev–Trinajstić information content (AvgIpc) is 3.64. The van der Waals surface area contributed by atoms with Crippen LogP contribution in [0.4, 0.5) is 22.0 Å². The third-order valence-electron chi connectivity index (χ3n) is 5.90. The lowest BCUT2D eigenvalue weighted by Crippen LogP contribution is -2.58. The lowest BCUT2D eigenvalue weighted by Gasteiger charge is -2.34. The van der Waals surface area contributed by atoms with E-state index in [2.05, 4.69) is 27.3 Å². The molecule has 1 aliphatic rings. The zero-order chi connectivity index (χ0) is 27.8. The molecule has 0 heterocycles. The summed E-state index contributed by atoms with van der Waals surface area (Å²) in [7, 11) is 0. The lowest BCUT2D eigenvalue weighted by molar-refractivity contribution is -0.220. The Morgan fingerprint density at radius 1 is 1.22 bits per heavy atom. The number of rotatable bonds is 14. The number of carbonyl (C=O) groups excluding carboxylic acids is 2. The summed E-state index contributed by atoms with van der Waals surface area (Å²) in [5.41, 5.74) is -2.42. The molecule has 0 aromatic heterocycles. The van der Waals surface area contributed by atoms with Crippen LogP contribution in [0.25, 0.3) is 0 Å². The van der Waals surface area contributed by atoms with Crippen molar-refractivity contribution in [2.24, 2.45) is 5.41 Å². The molecule has 0 saturated heterocycles.